The third-order valence-corrected chi connectivity index (χ3v) is 3.79. The van der Waals surface area contributed by atoms with Gasteiger partial charge in [-0.3, -0.25) is 0 Å². The van der Waals surface area contributed by atoms with Crippen LogP contribution < -0.4 is 16.0 Å². The molecule has 1 aromatic carbocycles. The standard InChI is InChI=1S/C15H25N3/c1-3-17-14-6-4-5-7-15(14)18-13-10-8-12(16-2)9-11-13/h4-7,12-13,16-18H,3,8-11H2,1-2H3. The van der Waals surface area contributed by atoms with Crippen LogP contribution >= 0.6 is 0 Å². The van der Waals surface area contributed by atoms with Gasteiger partial charge in [0.2, 0.25) is 0 Å². The molecule has 1 saturated carbocycles. The lowest BCUT2D eigenvalue weighted by Gasteiger charge is -2.30. The molecule has 0 aromatic heterocycles. The van der Waals surface area contributed by atoms with E-state index in [-0.39, 0.29) is 0 Å². The van der Waals surface area contributed by atoms with Gasteiger partial charge in [-0.05, 0) is 51.8 Å². The predicted molar refractivity (Wildman–Crippen MR) is 79.3 cm³/mol. The van der Waals surface area contributed by atoms with Crippen molar-refractivity contribution >= 4 is 11.4 Å². The summed E-state index contributed by atoms with van der Waals surface area (Å²) in [7, 11) is 2.07. The summed E-state index contributed by atoms with van der Waals surface area (Å²) in [5.41, 5.74) is 2.46. The van der Waals surface area contributed by atoms with Gasteiger partial charge in [0.25, 0.3) is 0 Å². The Hall–Kier alpha value is -1.22. The molecule has 1 aromatic rings. The molecule has 0 radical (unpaired) electrons. The van der Waals surface area contributed by atoms with Crippen molar-refractivity contribution in [2.45, 2.75) is 44.7 Å². The molecule has 0 heterocycles. The van der Waals surface area contributed by atoms with E-state index in [9.17, 15) is 0 Å². The van der Waals surface area contributed by atoms with Crippen molar-refractivity contribution in [1.82, 2.24) is 5.32 Å². The number of anilines is 2. The van der Waals surface area contributed by atoms with E-state index in [1.165, 1.54) is 37.1 Å². The second kappa shape index (κ2) is 6.64. The van der Waals surface area contributed by atoms with Crippen LogP contribution in [0.15, 0.2) is 24.3 Å². The van der Waals surface area contributed by atoms with Gasteiger partial charge >= 0.3 is 0 Å². The minimum atomic E-state index is 0.620. The second-order valence-corrected chi connectivity index (χ2v) is 5.06. The highest BCUT2D eigenvalue weighted by atomic mass is 15.0. The van der Waals surface area contributed by atoms with Crippen molar-refractivity contribution < 1.29 is 0 Å². The Morgan fingerprint density at radius 2 is 1.61 bits per heavy atom. The molecule has 3 N–H and O–H groups in total. The molecule has 3 nitrogen and oxygen atoms in total. The van der Waals surface area contributed by atoms with Crippen LogP contribution in [0.5, 0.6) is 0 Å². The molecular formula is C15H25N3. The number of nitrogens with one attached hydrogen (secondary N) is 3. The summed E-state index contributed by atoms with van der Waals surface area (Å²) in [6.45, 7) is 3.10. The summed E-state index contributed by atoms with van der Waals surface area (Å²) in [6, 6.07) is 9.83. The Morgan fingerprint density at radius 3 is 2.22 bits per heavy atom. The fourth-order valence-electron chi connectivity index (χ4n) is 2.70. The molecule has 0 aliphatic heterocycles. The quantitative estimate of drug-likeness (QED) is 0.748. The normalized spacial score (nSPS) is 23.7. The molecule has 3 heteroatoms. The first-order valence-electron chi connectivity index (χ1n) is 7.10. The van der Waals surface area contributed by atoms with Crippen LogP contribution in [0.2, 0.25) is 0 Å². The molecule has 0 bridgehead atoms. The number of benzene rings is 1. The molecule has 1 aliphatic carbocycles. The van der Waals surface area contributed by atoms with Crippen LogP contribution in [0, 0.1) is 0 Å². The Kier molecular flexibility index (Phi) is 4.88. The first-order valence-corrected chi connectivity index (χ1v) is 7.10. The smallest absolute Gasteiger partial charge is 0.0578 e. The molecule has 0 spiro atoms. The summed E-state index contributed by atoms with van der Waals surface area (Å²) in [5.74, 6) is 0. The van der Waals surface area contributed by atoms with Crippen molar-refractivity contribution in [2.24, 2.45) is 0 Å². The van der Waals surface area contributed by atoms with E-state index in [0.29, 0.717) is 12.1 Å². The summed E-state index contributed by atoms with van der Waals surface area (Å²) in [6.07, 6.45) is 5.06. The van der Waals surface area contributed by atoms with Crippen LogP contribution in [0.3, 0.4) is 0 Å². The largest absolute Gasteiger partial charge is 0.384 e. The summed E-state index contributed by atoms with van der Waals surface area (Å²) in [4.78, 5) is 0. The minimum Gasteiger partial charge on any atom is -0.384 e. The SMILES string of the molecule is CCNc1ccccc1NC1CCC(NC)CC1. The zero-order valence-electron chi connectivity index (χ0n) is 11.5. The van der Waals surface area contributed by atoms with Gasteiger partial charge < -0.3 is 16.0 Å². The van der Waals surface area contributed by atoms with E-state index < -0.39 is 0 Å². The monoisotopic (exact) mass is 247 g/mol. The van der Waals surface area contributed by atoms with Crippen molar-refractivity contribution in [2.75, 3.05) is 24.2 Å². The zero-order chi connectivity index (χ0) is 12.8. The van der Waals surface area contributed by atoms with Gasteiger partial charge in [-0.25, -0.2) is 0 Å². The van der Waals surface area contributed by atoms with Gasteiger partial charge in [-0.15, -0.1) is 0 Å². The zero-order valence-corrected chi connectivity index (χ0v) is 11.5. The Labute approximate surface area is 110 Å². The molecule has 100 valence electrons. The van der Waals surface area contributed by atoms with Crippen LogP contribution in [0.4, 0.5) is 11.4 Å². The van der Waals surface area contributed by atoms with Crippen LogP contribution in [0.25, 0.3) is 0 Å². The Bertz CT molecular complexity index is 357. The lowest BCUT2D eigenvalue weighted by Crippen LogP contribution is -2.35. The third-order valence-electron chi connectivity index (χ3n) is 3.79. The maximum absolute atomic E-state index is 3.69. The maximum atomic E-state index is 3.69. The average molecular weight is 247 g/mol. The summed E-state index contributed by atoms with van der Waals surface area (Å²) < 4.78 is 0. The van der Waals surface area contributed by atoms with E-state index in [2.05, 4.69) is 54.2 Å². The Morgan fingerprint density at radius 1 is 1.00 bits per heavy atom. The molecule has 2 rings (SSSR count). The maximum Gasteiger partial charge on any atom is 0.0578 e. The predicted octanol–water partition coefficient (Wildman–Crippen LogP) is 3.06. The number of rotatable bonds is 5. The van der Waals surface area contributed by atoms with E-state index in [1.807, 2.05) is 0 Å². The van der Waals surface area contributed by atoms with Gasteiger partial charge in [0, 0.05) is 18.6 Å². The van der Waals surface area contributed by atoms with Crippen molar-refractivity contribution in [3.05, 3.63) is 24.3 Å². The van der Waals surface area contributed by atoms with E-state index in [1.54, 1.807) is 0 Å². The molecule has 0 unspecified atom stereocenters. The second-order valence-electron chi connectivity index (χ2n) is 5.06. The van der Waals surface area contributed by atoms with Crippen molar-refractivity contribution in [3.63, 3.8) is 0 Å². The number of hydrogen-bond acceptors (Lipinski definition) is 3. The van der Waals surface area contributed by atoms with Crippen LogP contribution in [-0.4, -0.2) is 25.7 Å². The van der Waals surface area contributed by atoms with Gasteiger partial charge in [0.15, 0.2) is 0 Å². The summed E-state index contributed by atoms with van der Waals surface area (Å²) in [5, 5.41) is 10.5. The third kappa shape index (κ3) is 3.39. The van der Waals surface area contributed by atoms with E-state index in [4.69, 9.17) is 0 Å². The summed E-state index contributed by atoms with van der Waals surface area (Å²) >= 11 is 0. The van der Waals surface area contributed by atoms with Crippen molar-refractivity contribution in [3.8, 4) is 0 Å². The fourth-order valence-corrected chi connectivity index (χ4v) is 2.70. The highest BCUT2D eigenvalue weighted by Crippen LogP contribution is 2.26. The van der Waals surface area contributed by atoms with Crippen LogP contribution in [0.1, 0.15) is 32.6 Å². The molecule has 1 fully saturated rings. The highest BCUT2D eigenvalue weighted by molar-refractivity contribution is 5.68. The lowest BCUT2D eigenvalue weighted by molar-refractivity contribution is 0.371. The number of para-hydroxylation sites is 2. The fraction of sp³-hybridized carbons (Fsp3) is 0.600. The van der Waals surface area contributed by atoms with Crippen LogP contribution in [-0.2, 0) is 0 Å². The first-order chi connectivity index (χ1) is 8.83. The van der Waals surface area contributed by atoms with Gasteiger partial charge in [-0.2, -0.15) is 0 Å². The molecule has 0 amide bonds. The van der Waals surface area contributed by atoms with E-state index in [0.717, 1.165) is 6.54 Å². The first kappa shape index (κ1) is 13.2. The van der Waals surface area contributed by atoms with Crippen molar-refractivity contribution in [1.29, 1.82) is 0 Å². The topological polar surface area (TPSA) is 36.1 Å². The lowest BCUT2D eigenvalue weighted by atomic mass is 9.91. The molecule has 18 heavy (non-hydrogen) atoms. The minimum absolute atomic E-state index is 0.620. The van der Waals surface area contributed by atoms with E-state index >= 15 is 0 Å². The molecule has 1 aliphatic rings. The molecule has 0 atom stereocenters. The highest BCUT2D eigenvalue weighted by Gasteiger charge is 2.20. The van der Waals surface area contributed by atoms with Gasteiger partial charge in [-0.1, -0.05) is 12.1 Å². The molecular weight excluding hydrogens is 222 g/mol. The Balaban J connectivity index is 1.93. The van der Waals surface area contributed by atoms with Gasteiger partial charge in [0.05, 0.1) is 11.4 Å². The molecule has 0 saturated heterocycles. The average Bonchev–Trinajstić information content (AvgIpc) is 2.42. The number of hydrogen-bond donors (Lipinski definition) is 3. The van der Waals surface area contributed by atoms with Gasteiger partial charge in [0.1, 0.15) is 0 Å².